The molecule has 0 radical (unpaired) electrons. The summed E-state index contributed by atoms with van der Waals surface area (Å²) < 4.78 is 11.6. The number of hydrogen-bond donors (Lipinski definition) is 1. The third-order valence-corrected chi connectivity index (χ3v) is 4.11. The molecule has 0 heterocycles. The third-order valence-electron chi connectivity index (χ3n) is 3.97. The molecule has 2 N–H and O–H groups in total. The molecule has 1 fully saturated rings. The standard InChI is InChI=1S/C17H25NO2S/c1-13-2-6-15(7-3-13)19-10-11-20-16-8-4-14(5-9-16)12-17(18)21/h4-5,8-9,13,15H,2-3,6-7,10-12H2,1H3,(H2,18,21). The van der Waals surface area contributed by atoms with Crippen molar-refractivity contribution in [1.82, 2.24) is 0 Å². The molecule has 4 heteroatoms. The number of hydrogen-bond acceptors (Lipinski definition) is 3. The first-order valence-electron chi connectivity index (χ1n) is 7.75. The minimum Gasteiger partial charge on any atom is -0.491 e. The van der Waals surface area contributed by atoms with Crippen LogP contribution in [0, 0.1) is 5.92 Å². The lowest BCUT2D eigenvalue weighted by Gasteiger charge is -2.26. The second-order valence-electron chi connectivity index (χ2n) is 5.89. The number of nitrogens with two attached hydrogens (primary N) is 1. The van der Waals surface area contributed by atoms with E-state index in [1.807, 2.05) is 24.3 Å². The maximum atomic E-state index is 5.87. The van der Waals surface area contributed by atoms with Gasteiger partial charge in [0.2, 0.25) is 0 Å². The largest absolute Gasteiger partial charge is 0.491 e. The van der Waals surface area contributed by atoms with Crippen LogP contribution < -0.4 is 10.5 Å². The van der Waals surface area contributed by atoms with Crippen LogP contribution in [0.25, 0.3) is 0 Å². The Labute approximate surface area is 132 Å². The highest BCUT2D eigenvalue weighted by atomic mass is 32.1. The van der Waals surface area contributed by atoms with Gasteiger partial charge in [-0.1, -0.05) is 31.3 Å². The van der Waals surface area contributed by atoms with Gasteiger partial charge in [-0.15, -0.1) is 0 Å². The van der Waals surface area contributed by atoms with Crippen LogP contribution in [-0.2, 0) is 11.2 Å². The molecule has 1 saturated carbocycles. The molecule has 0 aromatic heterocycles. The van der Waals surface area contributed by atoms with Crippen molar-refractivity contribution < 1.29 is 9.47 Å². The Bertz CT molecular complexity index is 439. The summed E-state index contributed by atoms with van der Waals surface area (Å²) in [5.74, 6) is 1.73. The molecular weight excluding hydrogens is 282 g/mol. The van der Waals surface area contributed by atoms with Crippen LogP contribution in [0.2, 0.25) is 0 Å². The summed E-state index contributed by atoms with van der Waals surface area (Å²) in [6.07, 6.45) is 6.02. The van der Waals surface area contributed by atoms with Gasteiger partial charge in [0, 0.05) is 6.42 Å². The van der Waals surface area contributed by atoms with Crippen LogP contribution in [0.5, 0.6) is 5.75 Å². The van der Waals surface area contributed by atoms with Gasteiger partial charge in [-0.3, -0.25) is 0 Å². The molecule has 0 amide bonds. The molecule has 1 aromatic rings. The van der Waals surface area contributed by atoms with Gasteiger partial charge in [0.15, 0.2) is 0 Å². The Balaban J connectivity index is 1.63. The Morgan fingerprint density at radius 3 is 2.43 bits per heavy atom. The smallest absolute Gasteiger partial charge is 0.119 e. The summed E-state index contributed by atoms with van der Waals surface area (Å²) in [7, 11) is 0. The quantitative estimate of drug-likeness (QED) is 0.618. The highest BCUT2D eigenvalue weighted by Gasteiger charge is 2.18. The van der Waals surface area contributed by atoms with E-state index in [2.05, 4.69) is 6.92 Å². The van der Waals surface area contributed by atoms with Crippen molar-refractivity contribution in [3.05, 3.63) is 29.8 Å². The van der Waals surface area contributed by atoms with Gasteiger partial charge in [-0.2, -0.15) is 0 Å². The highest BCUT2D eigenvalue weighted by molar-refractivity contribution is 7.80. The van der Waals surface area contributed by atoms with Gasteiger partial charge >= 0.3 is 0 Å². The lowest BCUT2D eigenvalue weighted by atomic mass is 9.89. The predicted molar refractivity (Wildman–Crippen MR) is 89.8 cm³/mol. The summed E-state index contributed by atoms with van der Waals surface area (Å²) in [6.45, 7) is 3.58. The average Bonchev–Trinajstić information content (AvgIpc) is 2.46. The molecule has 1 aromatic carbocycles. The highest BCUT2D eigenvalue weighted by Crippen LogP contribution is 2.25. The van der Waals surface area contributed by atoms with E-state index in [0.717, 1.165) is 17.2 Å². The van der Waals surface area contributed by atoms with E-state index >= 15 is 0 Å². The summed E-state index contributed by atoms with van der Waals surface area (Å²) in [6, 6.07) is 7.90. The van der Waals surface area contributed by atoms with Crippen LogP contribution >= 0.6 is 12.2 Å². The topological polar surface area (TPSA) is 44.5 Å². The summed E-state index contributed by atoms with van der Waals surface area (Å²) in [5, 5.41) is 0. The number of benzene rings is 1. The zero-order valence-corrected chi connectivity index (χ0v) is 13.5. The predicted octanol–water partition coefficient (Wildman–Crippen LogP) is 3.49. The molecule has 0 spiro atoms. The molecule has 0 saturated heterocycles. The first-order valence-corrected chi connectivity index (χ1v) is 8.16. The molecule has 0 atom stereocenters. The van der Waals surface area contributed by atoms with Gasteiger partial charge in [0.1, 0.15) is 12.4 Å². The van der Waals surface area contributed by atoms with Gasteiger partial charge in [-0.25, -0.2) is 0 Å². The average molecular weight is 307 g/mol. The molecule has 0 bridgehead atoms. The Morgan fingerprint density at radius 1 is 1.14 bits per heavy atom. The number of rotatable bonds is 7. The van der Waals surface area contributed by atoms with E-state index in [0.29, 0.717) is 30.7 Å². The molecular formula is C17H25NO2S. The van der Waals surface area contributed by atoms with Crippen molar-refractivity contribution in [3.63, 3.8) is 0 Å². The Kier molecular flexibility index (Phi) is 6.46. The SMILES string of the molecule is CC1CCC(OCCOc2ccc(CC(N)=S)cc2)CC1. The zero-order valence-electron chi connectivity index (χ0n) is 12.7. The van der Waals surface area contributed by atoms with Crippen molar-refractivity contribution in [2.75, 3.05) is 13.2 Å². The minimum absolute atomic E-state index is 0.428. The lowest BCUT2D eigenvalue weighted by Crippen LogP contribution is -2.22. The van der Waals surface area contributed by atoms with E-state index in [-0.39, 0.29) is 0 Å². The molecule has 2 rings (SSSR count). The van der Waals surface area contributed by atoms with Gasteiger partial charge < -0.3 is 15.2 Å². The Hall–Kier alpha value is -1.13. The van der Waals surface area contributed by atoms with Gasteiger partial charge in [-0.05, 0) is 49.3 Å². The second-order valence-corrected chi connectivity index (χ2v) is 6.41. The van der Waals surface area contributed by atoms with Crippen molar-refractivity contribution in [1.29, 1.82) is 0 Å². The molecule has 116 valence electrons. The maximum Gasteiger partial charge on any atom is 0.119 e. The van der Waals surface area contributed by atoms with E-state index in [4.69, 9.17) is 27.4 Å². The van der Waals surface area contributed by atoms with Crippen molar-refractivity contribution in [2.24, 2.45) is 11.7 Å². The molecule has 21 heavy (non-hydrogen) atoms. The molecule has 1 aliphatic rings. The van der Waals surface area contributed by atoms with Crippen molar-refractivity contribution in [2.45, 2.75) is 45.1 Å². The minimum atomic E-state index is 0.428. The summed E-state index contributed by atoms with van der Waals surface area (Å²) >= 11 is 4.90. The van der Waals surface area contributed by atoms with Crippen LogP contribution in [0.4, 0.5) is 0 Å². The molecule has 0 unspecified atom stereocenters. The van der Waals surface area contributed by atoms with Gasteiger partial charge in [0.05, 0.1) is 17.7 Å². The fourth-order valence-corrected chi connectivity index (χ4v) is 2.84. The van der Waals surface area contributed by atoms with Crippen LogP contribution in [0.15, 0.2) is 24.3 Å². The molecule has 1 aliphatic carbocycles. The molecule has 3 nitrogen and oxygen atoms in total. The van der Waals surface area contributed by atoms with Crippen LogP contribution in [0.3, 0.4) is 0 Å². The van der Waals surface area contributed by atoms with E-state index in [1.54, 1.807) is 0 Å². The van der Waals surface area contributed by atoms with E-state index < -0.39 is 0 Å². The second kappa shape index (κ2) is 8.35. The summed E-state index contributed by atoms with van der Waals surface area (Å²) in [4.78, 5) is 0.513. The normalized spacial score (nSPS) is 22.0. The molecule has 0 aliphatic heterocycles. The van der Waals surface area contributed by atoms with E-state index in [9.17, 15) is 0 Å². The lowest BCUT2D eigenvalue weighted by molar-refractivity contribution is 0.00570. The van der Waals surface area contributed by atoms with Crippen molar-refractivity contribution >= 4 is 17.2 Å². The first kappa shape index (κ1) is 16.2. The van der Waals surface area contributed by atoms with Crippen LogP contribution in [0.1, 0.15) is 38.2 Å². The van der Waals surface area contributed by atoms with E-state index in [1.165, 1.54) is 25.7 Å². The third kappa shape index (κ3) is 6.02. The zero-order chi connectivity index (χ0) is 15.1. The number of ether oxygens (including phenoxy) is 2. The summed E-state index contributed by atoms with van der Waals surface area (Å²) in [5.41, 5.74) is 6.64. The maximum absolute atomic E-state index is 5.87. The first-order chi connectivity index (χ1) is 10.1. The Morgan fingerprint density at radius 2 is 1.81 bits per heavy atom. The van der Waals surface area contributed by atoms with Crippen molar-refractivity contribution in [3.8, 4) is 5.75 Å². The number of thiocarbonyl (C=S) groups is 1. The van der Waals surface area contributed by atoms with Gasteiger partial charge in [0.25, 0.3) is 0 Å². The fraction of sp³-hybridized carbons (Fsp3) is 0.588. The van der Waals surface area contributed by atoms with Crippen LogP contribution in [-0.4, -0.2) is 24.3 Å². The fourth-order valence-electron chi connectivity index (χ4n) is 2.68. The monoisotopic (exact) mass is 307 g/mol.